The van der Waals surface area contributed by atoms with Gasteiger partial charge in [0.05, 0.1) is 0 Å². The number of imidazole rings is 1. The Kier molecular flexibility index (Phi) is 2.59. The van der Waals surface area contributed by atoms with Gasteiger partial charge in [0.2, 0.25) is 5.95 Å². The van der Waals surface area contributed by atoms with Crippen molar-refractivity contribution in [2.45, 2.75) is 6.92 Å². The molecule has 0 aliphatic carbocycles. The summed E-state index contributed by atoms with van der Waals surface area (Å²) in [5.41, 5.74) is 2.02. The highest BCUT2D eigenvalue weighted by Crippen LogP contribution is 2.14. The molecule has 2 aromatic rings. The summed E-state index contributed by atoms with van der Waals surface area (Å²) in [6, 6.07) is 7.73. The standard InChI is InChI=1S/C11H11N3O2/c1-8-2-4-9(5-3-8)14-7-6-12-10(14)13-11(15)16/h2-7H,1H3,(H,12,13)(H,15,16). The Morgan fingerprint density at radius 2 is 2.06 bits per heavy atom. The summed E-state index contributed by atoms with van der Waals surface area (Å²) in [4.78, 5) is 14.5. The molecule has 2 N–H and O–H groups in total. The second kappa shape index (κ2) is 4.06. The summed E-state index contributed by atoms with van der Waals surface area (Å²) < 4.78 is 1.67. The molecule has 0 unspecified atom stereocenters. The van der Waals surface area contributed by atoms with Crippen molar-refractivity contribution in [2.24, 2.45) is 0 Å². The second-order valence-corrected chi connectivity index (χ2v) is 3.39. The van der Waals surface area contributed by atoms with E-state index in [1.807, 2.05) is 31.2 Å². The number of anilines is 1. The monoisotopic (exact) mass is 217 g/mol. The van der Waals surface area contributed by atoms with Crippen LogP contribution < -0.4 is 5.32 Å². The van der Waals surface area contributed by atoms with E-state index in [-0.39, 0.29) is 5.95 Å². The molecule has 16 heavy (non-hydrogen) atoms. The maximum absolute atomic E-state index is 10.5. The van der Waals surface area contributed by atoms with Crippen LogP contribution in [0.2, 0.25) is 0 Å². The summed E-state index contributed by atoms with van der Waals surface area (Å²) in [7, 11) is 0. The van der Waals surface area contributed by atoms with Gasteiger partial charge in [-0.15, -0.1) is 0 Å². The SMILES string of the molecule is Cc1ccc(-n2ccnc2NC(=O)O)cc1. The van der Waals surface area contributed by atoms with Crippen LogP contribution in [0.25, 0.3) is 5.69 Å². The van der Waals surface area contributed by atoms with Crippen molar-refractivity contribution < 1.29 is 9.90 Å². The van der Waals surface area contributed by atoms with Gasteiger partial charge in [-0.2, -0.15) is 0 Å². The number of hydrogen-bond donors (Lipinski definition) is 2. The van der Waals surface area contributed by atoms with E-state index in [0.717, 1.165) is 11.3 Å². The predicted molar refractivity (Wildman–Crippen MR) is 59.9 cm³/mol. The van der Waals surface area contributed by atoms with E-state index in [1.54, 1.807) is 17.0 Å². The van der Waals surface area contributed by atoms with Crippen LogP contribution in [0, 0.1) is 6.92 Å². The molecule has 5 heteroatoms. The summed E-state index contributed by atoms with van der Waals surface area (Å²) in [5.74, 6) is 0.288. The van der Waals surface area contributed by atoms with Gasteiger partial charge in [0, 0.05) is 18.1 Å². The quantitative estimate of drug-likeness (QED) is 0.810. The first-order valence-electron chi connectivity index (χ1n) is 4.77. The minimum atomic E-state index is -1.13. The van der Waals surface area contributed by atoms with Crippen LogP contribution in [0.4, 0.5) is 10.7 Å². The van der Waals surface area contributed by atoms with Crippen LogP contribution in [0.1, 0.15) is 5.56 Å². The predicted octanol–water partition coefficient (Wildman–Crippen LogP) is 2.27. The maximum Gasteiger partial charge on any atom is 0.411 e. The lowest BCUT2D eigenvalue weighted by Gasteiger charge is -2.07. The van der Waals surface area contributed by atoms with E-state index < -0.39 is 6.09 Å². The number of hydrogen-bond acceptors (Lipinski definition) is 2. The van der Waals surface area contributed by atoms with Crippen molar-refractivity contribution in [3.05, 3.63) is 42.2 Å². The maximum atomic E-state index is 10.5. The number of carbonyl (C=O) groups is 1. The molecule has 0 bridgehead atoms. The van der Waals surface area contributed by atoms with E-state index in [9.17, 15) is 4.79 Å². The van der Waals surface area contributed by atoms with Crippen molar-refractivity contribution >= 4 is 12.0 Å². The minimum Gasteiger partial charge on any atom is -0.465 e. The lowest BCUT2D eigenvalue weighted by atomic mass is 10.2. The van der Waals surface area contributed by atoms with Gasteiger partial charge >= 0.3 is 6.09 Å². The molecule has 2 rings (SSSR count). The van der Waals surface area contributed by atoms with E-state index in [4.69, 9.17) is 5.11 Å². The normalized spacial score (nSPS) is 10.1. The van der Waals surface area contributed by atoms with Gasteiger partial charge in [-0.25, -0.2) is 9.78 Å². The molecule has 1 amide bonds. The molecule has 1 heterocycles. The third-order valence-electron chi connectivity index (χ3n) is 2.17. The number of aryl methyl sites for hydroxylation is 1. The topological polar surface area (TPSA) is 67.2 Å². The highest BCUT2D eigenvalue weighted by molar-refractivity contribution is 5.80. The van der Waals surface area contributed by atoms with Crippen molar-refractivity contribution in [1.82, 2.24) is 9.55 Å². The lowest BCUT2D eigenvalue weighted by molar-refractivity contribution is 0.209. The molecular weight excluding hydrogens is 206 g/mol. The molecule has 82 valence electrons. The van der Waals surface area contributed by atoms with Gasteiger partial charge in [0.1, 0.15) is 0 Å². The summed E-state index contributed by atoms with van der Waals surface area (Å²) in [5, 5.41) is 10.9. The molecular formula is C11H11N3O2. The fourth-order valence-corrected chi connectivity index (χ4v) is 1.41. The zero-order chi connectivity index (χ0) is 11.5. The fourth-order valence-electron chi connectivity index (χ4n) is 1.41. The Morgan fingerprint density at radius 1 is 1.38 bits per heavy atom. The average Bonchev–Trinajstić information content (AvgIpc) is 2.66. The summed E-state index contributed by atoms with van der Waals surface area (Å²) >= 11 is 0. The highest BCUT2D eigenvalue weighted by Gasteiger charge is 2.06. The van der Waals surface area contributed by atoms with Crippen LogP contribution in [-0.2, 0) is 0 Å². The van der Waals surface area contributed by atoms with Gasteiger partial charge in [-0.3, -0.25) is 9.88 Å². The number of benzene rings is 1. The second-order valence-electron chi connectivity index (χ2n) is 3.39. The van der Waals surface area contributed by atoms with Crippen molar-refractivity contribution in [1.29, 1.82) is 0 Å². The van der Waals surface area contributed by atoms with E-state index >= 15 is 0 Å². The Labute approximate surface area is 92.4 Å². The highest BCUT2D eigenvalue weighted by atomic mass is 16.4. The average molecular weight is 217 g/mol. The first kappa shape index (κ1) is 10.2. The van der Waals surface area contributed by atoms with Gasteiger partial charge in [-0.05, 0) is 19.1 Å². The zero-order valence-electron chi connectivity index (χ0n) is 8.71. The van der Waals surface area contributed by atoms with Gasteiger partial charge in [0.25, 0.3) is 0 Å². The number of aromatic nitrogens is 2. The van der Waals surface area contributed by atoms with Crippen LogP contribution in [0.3, 0.4) is 0 Å². The number of nitrogens with zero attached hydrogens (tertiary/aromatic N) is 2. The molecule has 0 aliphatic heterocycles. The third kappa shape index (κ3) is 2.03. The first-order chi connectivity index (χ1) is 7.66. The van der Waals surface area contributed by atoms with Crippen molar-refractivity contribution in [2.75, 3.05) is 5.32 Å². The molecule has 1 aromatic heterocycles. The molecule has 0 spiro atoms. The van der Waals surface area contributed by atoms with Crippen molar-refractivity contribution in [3.63, 3.8) is 0 Å². The Morgan fingerprint density at radius 3 is 2.69 bits per heavy atom. The van der Waals surface area contributed by atoms with E-state index in [1.165, 1.54) is 0 Å². The largest absolute Gasteiger partial charge is 0.465 e. The van der Waals surface area contributed by atoms with Crippen LogP contribution in [0.15, 0.2) is 36.7 Å². The lowest BCUT2D eigenvalue weighted by Crippen LogP contribution is -2.11. The zero-order valence-corrected chi connectivity index (χ0v) is 8.71. The van der Waals surface area contributed by atoms with Crippen LogP contribution in [0.5, 0.6) is 0 Å². The van der Waals surface area contributed by atoms with Gasteiger partial charge in [-0.1, -0.05) is 17.7 Å². The minimum absolute atomic E-state index is 0.288. The number of amides is 1. The number of rotatable bonds is 2. The molecule has 0 atom stereocenters. The number of nitrogens with one attached hydrogen (secondary N) is 1. The molecule has 0 radical (unpaired) electrons. The van der Waals surface area contributed by atoms with Gasteiger partial charge < -0.3 is 5.11 Å². The Hall–Kier alpha value is -2.30. The van der Waals surface area contributed by atoms with Crippen LogP contribution in [-0.4, -0.2) is 20.8 Å². The molecule has 0 saturated carbocycles. The van der Waals surface area contributed by atoms with Crippen LogP contribution >= 0.6 is 0 Å². The molecule has 0 saturated heterocycles. The molecule has 0 aliphatic rings. The summed E-state index contributed by atoms with van der Waals surface area (Å²) in [6.07, 6.45) is 2.13. The summed E-state index contributed by atoms with van der Waals surface area (Å²) in [6.45, 7) is 1.99. The third-order valence-corrected chi connectivity index (χ3v) is 2.17. The fraction of sp³-hybridized carbons (Fsp3) is 0.0909. The van der Waals surface area contributed by atoms with E-state index in [0.29, 0.717) is 0 Å². The van der Waals surface area contributed by atoms with E-state index in [2.05, 4.69) is 10.3 Å². The molecule has 5 nitrogen and oxygen atoms in total. The Balaban J connectivity index is 2.36. The Bertz CT molecular complexity index is 502. The number of carboxylic acid groups (broad SMARTS) is 1. The first-order valence-corrected chi connectivity index (χ1v) is 4.77. The smallest absolute Gasteiger partial charge is 0.411 e. The van der Waals surface area contributed by atoms with Crippen molar-refractivity contribution in [3.8, 4) is 5.69 Å². The van der Waals surface area contributed by atoms with Gasteiger partial charge in [0.15, 0.2) is 0 Å². The molecule has 0 fully saturated rings. The molecule has 1 aromatic carbocycles.